The standard InChI is InChI=1S/C61H51N5/c1-6-39-27-29-42(30-28-39)57-62-58(43-33-31-41(32-34-43)40-17-8-7-9-18-40)64-59(63-57)66-53-26-15-12-21-46(53)49-37-48-45-20-11-14-25-52(45)65(54(48)38-55(49)66)51-24-13-10-19-44(51)47-22-16-23-50-56(47)61(4,5)36-35-60(50,2)3/h7-34,37-38H,6,35-36H2,1-5H3. The first kappa shape index (κ1) is 39.9. The summed E-state index contributed by atoms with van der Waals surface area (Å²) in [6, 6.07) is 66.0. The van der Waals surface area contributed by atoms with E-state index < -0.39 is 0 Å². The summed E-state index contributed by atoms with van der Waals surface area (Å²) >= 11 is 0. The fourth-order valence-corrected chi connectivity index (χ4v) is 10.8. The molecule has 0 saturated heterocycles. The number of aryl methyl sites for hydroxylation is 1. The molecular weight excluding hydrogens is 803 g/mol. The highest BCUT2D eigenvalue weighted by Gasteiger charge is 2.39. The Labute approximate surface area is 386 Å². The summed E-state index contributed by atoms with van der Waals surface area (Å²) in [5.74, 6) is 1.84. The molecule has 1 aliphatic carbocycles. The third-order valence-electron chi connectivity index (χ3n) is 14.4. The Balaban J connectivity index is 1.12. The first-order chi connectivity index (χ1) is 32.2. The van der Waals surface area contributed by atoms with E-state index in [1.807, 2.05) is 0 Å². The van der Waals surface area contributed by atoms with E-state index in [9.17, 15) is 0 Å². The smallest absolute Gasteiger partial charge is 0.238 e. The number of aromatic nitrogens is 5. The van der Waals surface area contributed by atoms with Gasteiger partial charge in [-0.2, -0.15) is 9.97 Å². The SMILES string of the molecule is CCc1ccc(-c2nc(-c3ccc(-c4ccccc4)cc3)nc(-n3c4ccccc4c4cc5c6ccccc6n(-c6ccccc6-c6cccc7c6C(C)(C)CCC7(C)C)c5cc43)n2)cc1. The molecule has 3 heterocycles. The first-order valence-electron chi connectivity index (χ1n) is 23.4. The second-order valence-corrected chi connectivity index (χ2v) is 19.4. The van der Waals surface area contributed by atoms with Crippen LogP contribution in [-0.4, -0.2) is 24.1 Å². The highest BCUT2D eigenvalue weighted by atomic mass is 15.2. The van der Waals surface area contributed by atoms with Crippen LogP contribution in [0.15, 0.2) is 182 Å². The lowest BCUT2D eigenvalue weighted by molar-refractivity contribution is 0.333. The van der Waals surface area contributed by atoms with Crippen molar-refractivity contribution in [1.29, 1.82) is 0 Å². The van der Waals surface area contributed by atoms with Crippen LogP contribution in [0.2, 0.25) is 0 Å². The van der Waals surface area contributed by atoms with Crippen LogP contribution in [0, 0.1) is 0 Å². The van der Waals surface area contributed by atoms with Crippen LogP contribution in [0.5, 0.6) is 0 Å². The van der Waals surface area contributed by atoms with Crippen LogP contribution >= 0.6 is 0 Å². The molecule has 0 amide bonds. The van der Waals surface area contributed by atoms with Crippen LogP contribution in [-0.2, 0) is 17.3 Å². The molecule has 0 aliphatic heterocycles. The topological polar surface area (TPSA) is 48.5 Å². The van der Waals surface area contributed by atoms with Gasteiger partial charge in [-0.3, -0.25) is 4.57 Å². The Kier molecular flexibility index (Phi) is 9.22. The Morgan fingerprint density at radius 2 is 0.955 bits per heavy atom. The lowest BCUT2D eigenvalue weighted by Crippen LogP contribution is -2.34. The Morgan fingerprint density at radius 1 is 0.424 bits per heavy atom. The normalized spacial score (nSPS) is 14.3. The van der Waals surface area contributed by atoms with E-state index >= 15 is 0 Å². The van der Waals surface area contributed by atoms with Crippen molar-refractivity contribution in [1.82, 2.24) is 24.1 Å². The van der Waals surface area contributed by atoms with Crippen molar-refractivity contribution >= 4 is 43.6 Å². The Hall–Kier alpha value is -7.63. The number of hydrogen-bond donors (Lipinski definition) is 0. The van der Waals surface area contributed by atoms with Crippen molar-refractivity contribution in [2.45, 2.75) is 64.7 Å². The zero-order valence-corrected chi connectivity index (χ0v) is 38.2. The van der Waals surface area contributed by atoms with Gasteiger partial charge in [-0.15, -0.1) is 0 Å². The maximum Gasteiger partial charge on any atom is 0.238 e. The molecular formula is C61H51N5. The van der Waals surface area contributed by atoms with Gasteiger partial charge in [0, 0.05) is 38.2 Å². The van der Waals surface area contributed by atoms with E-state index in [-0.39, 0.29) is 10.8 Å². The number of fused-ring (bicyclic) bond motifs is 7. The van der Waals surface area contributed by atoms with Crippen LogP contribution in [0.25, 0.3) is 100 Å². The van der Waals surface area contributed by atoms with E-state index in [0.717, 1.165) is 62.5 Å². The molecule has 320 valence electrons. The van der Waals surface area contributed by atoms with Gasteiger partial charge in [-0.1, -0.05) is 186 Å². The first-order valence-corrected chi connectivity index (χ1v) is 23.4. The second kappa shape index (κ2) is 15.2. The van der Waals surface area contributed by atoms with Crippen LogP contribution in [0.1, 0.15) is 64.2 Å². The minimum atomic E-state index is 0.0344. The minimum absolute atomic E-state index is 0.0344. The van der Waals surface area contributed by atoms with Crippen molar-refractivity contribution in [3.8, 4) is 56.7 Å². The summed E-state index contributed by atoms with van der Waals surface area (Å²) in [6.07, 6.45) is 3.28. The molecule has 0 radical (unpaired) electrons. The summed E-state index contributed by atoms with van der Waals surface area (Å²) in [4.78, 5) is 15.9. The molecule has 0 saturated carbocycles. The minimum Gasteiger partial charge on any atom is -0.309 e. The highest BCUT2D eigenvalue weighted by molar-refractivity contribution is 6.19. The van der Waals surface area contributed by atoms with E-state index in [1.165, 1.54) is 56.1 Å². The summed E-state index contributed by atoms with van der Waals surface area (Å²) in [5.41, 5.74) is 16.6. The average molecular weight is 854 g/mol. The van der Waals surface area contributed by atoms with Crippen molar-refractivity contribution in [2.24, 2.45) is 0 Å². The summed E-state index contributed by atoms with van der Waals surface area (Å²) in [7, 11) is 0. The predicted octanol–water partition coefficient (Wildman–Crippen LogP) is 15.6. The van der Waals surface area contributed by atoms with Gasteiger partial charge in [-0.05, 0) is 93.8 Å². The van der Waals surface area contributed by atoms with Gasteiger partial charge >= 0.3 is 0 Å². The van der Waals surface area contributed by atoms with Crippen molar-refractivity contribution in [3.05, 3.63) is 199 Å². The molecule has 3 aromatic heterocycles. The van der Waals surface area contributed by atoms with Gasteiger partial charge in [0.05, 0.1) is 27.8 Å². The third kappa shape index (κ3) is 6.40. The fourth-order valence-electron chi connectivity index (χ4n) is 10.8. The van der Waals surface area contributed by atoms with Gasteiger partial charge in [0.2, 0.25) is 5.95 Å². The predicted molar refractivity (Wildman–Crippen MR) is 275 cm³/mol. The van der Waals surface area contributed by atoms with Crippen LogP contribution < -0.4 is 0 Å². The molecule has 5 nitrogen and oxygen atoms in total. The van der Waals surface area contributed by atoms with Crippen LogP contribution in [0.4, 0.5) is 0 Å². The maximum atomic E-state index is 5.37. The molecule has 0 atom stereocenters. The van der Waals surface area contributed by atoms with Crippen molar-refractivity contribution in [3.63, 3.8) is 0 Å². The molecule has 5 heteroatoms. The van der Waals surface area contributed by atoms with Gasteiger partial charge < -0.3 is 4.57 Å². The number of benzene rings is 8. The lowest BCUT2D eigenvalue weighted by Gasteiger charge is -2.43. The molecule has 0 unspecified atom stereocenters. The molecule has 12 rings (SSSR count). The van der Waals surface area contributed by atoms with E-state index in [0.29, 0.717) is 17.6 Å². The van der Waals surface area contributed by atoms with E-state index in [2.05, 4.69) is 226 Å². The summed E-state index contributed by atoms with van der Waals surface area (Å²) in [5, 5.41) is 4.73. The molecule has 0 spiro atoms. The molecule has 0 fully saturated rings. The van der Waals surface area contributed by atoms with Gasteiger partial charge in [0.1, 0.15) is 0 Å². The third-order valence-corrected chi connectivity index (χ3v) is 14.4. The Bertz CT molecular complexity index is 3660. The zero-order chi connectivity index (χ0) is 44.7. The lowest BCUT2D eigenvalue weighted by atomic mass is 9.61. The van der Waals surface area contributed by atoms with Crippen molar-refractivity contribution in [2.75, 3.05) is 0 Å². The number of para-hydroxylation sites is 3. The quantitative estimate of drug-likeness (QED) is 0.160. The van der Waals surface area contributed by atoms with Crippen molar-refractivity contribution < 1.29 is 0 Å². The molecule has 8 aromatic carbocycles. The Morgan fingerprint density at radius 3 is 1.64 bits per heavy atom. The number of rotatable bonds is 7. The number of nitrogens with zero attached hydrogens (tertiary/aromatic N) is 5. The van der Waals surface area contributed by atoms with E-state index in [4.69, 9.17) is 15.0 Å². The van der Waals surface area contributed by atoms with Gasteiger partial charge in [-0.25, -0.2) is 4.98 Å². The highest BCUT2D eigenvalue weighted by Crippen LogP contribution is 2.51. The summed E-state index contributed by atoms with van der Waals surface area (Å²) in [6.45, 7) is 11.9. The van der Waals surface area contributed by atoms with Gasteiger partial charge in [0.25, 0.3) is 0 Å². The van der Waals surface area contributed by atoms with Gasteiger partial charge in [0.15, 0.2) is 11.6 Å². The molecule has 66 heavy (non-hydrogen) atoms. The number of hydrogen-bond acceptors (Lipinski definition) is 3. The molecule has 1 aliphatic rings. The largest absolute Gasteiger partial charge is 0.309 e. The second-order valence-electron chi connectivity index (χ2n) is 19.4. The molecule has 0 bridgehead atoms. The molecule has 0 N–H and O–H groups in total. The summed E-state index contributed by atoms with van der Waals surface area (Å²) < 4.78 is 4.75. The molecule has 11 aromatic rings. The fraction of sp³-hybridized carbons (Fsp3) is 0.164. The average Bonchev–Trinajstić information content (AvgIpc) is 3.86. The maximum absolute atomic E-state index is 5.37. The van der Waals surface area contributed by atoms with E-state index in [1.54, 1.807) is 0 Å². The monoisotopic (exact) mass is 853 g/mol. The van der Waals surface area contributed by atoms with Crippen LogP contribution in [0.3, 0.4) is 0 Å². The zero-order valence-electron chi connectivity index (χ0n) is 38.2.